The van der Waals surface area contributed by atoms with E-state index in [0.717, 1.165) is 33.4 Å². The molecule has 0 bridgehead atoms. The van der Waals surface area contributed by atoms with Gasteiger partial charge >= 0.3 is 0 Å². The summed E-state index contributed by atoms with van der Waals surface area (Å²) < 4.78 is 0. The highest BCUT2D eigenvalue weighted by molar-refractivity contribution is 5.96. The predicted octanol–water partition coefficient (Wildman–Crippen LogP) is 16.4. The van der Waals surface area contributed by atoms with Crippen molar-refractivity contribution < 1.29 is 0 Å². The van der Waals surface area contributed by atoms with E-state index in [4.69, 9.17) is 15.0 Å². The van der Waals surface area contributed by atoms with Crippen LogP contribution < -0.4 is 0 Å². The lowest BCUT2D eigenvalue weighted by molar-refractivity contribution is 0.766. The molecule has 0 N–H and O–H groups in total. The Morgan fingerprint density at radius 1 is 0.449 bits per heavy atom. The fraction of sp³-hybridized carbons (Fsp3) is 0.0781. The van der Waals surface area contributed by atoms with Gasteiger partial charge in [0.1, 0.15) is 0 Å². The minimum atomic E-state index is -0.502. The Balaban J connectivity index is 0.000000529. The fourth-order valence-electron chi connectivity index (χ4n) is 8.62. The van der Waals surface area contributed by atoms with E-state index in [0.29, 0.717) is 23.0 Å². The largest absolute Gasteiger partial charge is 0.265 e. The van der Waals surface area contributed by atoms with Gasteiger partial charge in [-0.05, 0) is 118 Å². The smallest absolute Gasteiger partial charge is 0.164 e. The Morgan fingerprint density at radius 3 is 1.49 bits per heavy atom. The first-order valence-corrected chi connectivity index (χ1v) is 23.2. The van der Waals surface area contributed by atoms with Crippen LogP contribution in [0.25, 0.3) is 67.5 Å². The van der Waals surface area contributed by atoms with Gasteiger partial charge in [0.05, 0.1) is 17.0 Å². The van der Waals surface area contributed by atoms with Crippen LogP contribution >= 0.6 is 0 Å². The molecule has 2 heterocycles. The van der Waals surface area contributed by atoms with Crippen molar-refractivity contribution in [1.82, 2.24) is 19.9 Å². The van der Waals surface area contributed by atoms with E-state index < -0.39 is 5.41 Å². The van der Waals surface area contributed by atoms with Crippen molar-refractivity contribution in [2.45, 2.75) is 33.1 Å². The molecule has 0 spiro atoms. The minimum absolute atomic E-state index is 0.502. The first-order valence-electron chi connectivity index (χ1n) is 23.2. The van der Waals surface area contributed by atoms with Gasteiger partial charge in [0.2, 0.25) is 0 Å². The molecule has 5 nitrogen and oxygen atoms in total. The van der Waals surface area contributed by atoms with Crippen LogP contribution in [0, 0.1) is 11.3 Å². The van der Waals surface area contributed by atoms with E-state index in [1.807, 2.05) is 113 Å². The topological polar surface area (TPSA) is 75.3 Å². The van der Waals surface area contributed by atoms with Crippen molar-refractivity contribution in [3.05, 3.63) is 278 Å². The van der Waals surface area contributed by atoms with Gasteiger partial charge in [0.15, 0.2) is 17.5 Å². The molecule has 5 heteroatoms. The molecule has 69 heavy (non-hydrogen) atoms. The van der Waals surface area contributed by atoms with E-state index >= 15 is 0 Å². The summed E-state index contributed by atoms with van der Waals surface area (Å²) in [7, 11) is 0. The van der Waals surface area contributed by atoms with Crippen molar-refractivity contribution in [2.75, 3.05) is 0 Å². The number of fused-ring (bicyclic) bond motifs is 3. The van der Waals surface area contributed by atoms with E-state index in [1.54, 1.807) is 24.3 Å². The third-order valence-electron chi connectivity index (χ3n) is 11.6. The number of nitrogens with zero attached hydrogens (tertiary/aromatic N) is 5. The van der Waals surface area contributed by atoms with Gasteiger partial charge in [0.25, 0.3) is 0 Å². The summed E-state index contributed by atoms with van der Waals surface area (Å²) in [6, 6.07) is 67.4. The van der Waals surface area contributed by atoms with Crippen LogP contribution in [0.3, 0.4) is 0 Å². The second-order valence-corrected chi connectivity index (χ2v) is 15.7. The van der Waals surface area contributed by atoms with Crippen LogP contribution in [-0.2, 0) is 5.41 Å². The summed E-state index contributed by atoms with van der Waals surface area (Å²) in [5.41, 5.74) is 14.6. The Kier molecular flexibility index (Phi) is 16.4. The van der Waals surface area contributed by atoms with Crippen LogP contribution in [0.15, 0.2) is 250 Å². The first-order chi connectivity index (χ1) is 34.0. The maximum Gasteiger partial charge on any atom is 0.164 e. The zero-order valence-corrected chi connectivity index (χ0v) is 39.7. The molecule has 336 valence electrons. The van der Waals surface area contributed by atoms with Crippen molar-refractivity contribution in [1.29, 1.82) is 5.26 Å². The number of allylic oxidation sites excluding steroid dienone is 6. The van der Waals surface area contributed by atoms with E-state index in [1.165, 1.54) is 38.9 Å². The molecule has 0 fully saturated rings. The zero-order chi connectivity index (χ0) is 48.4. The maximum absolute atomic E-state index is 9.38. The summed E-state index contributed by atoms with van der Waals surface area (Å²) in [4.78, 5) is 19.2. The zero-order valence-electron chi connectivity index (χ0n) is 39.7. The summed E-state index contributed by atoms with van der Waals surface area (Å²) in [6.07, 6.45) is 15.1. The number of hydrogen-bond donors (Lipinski definition) is 0. The van der Waals surface area contributed by atoms with Crippen LogP contribution in [0.2, 0.25) is 0 Å². The Bertz CT molecular complexity index is 3180. The Labute approximate surface area is 408 Å². The maximum atomic E-state index is 9.38. The molecule has 0 aliphatic heterocycles. The molecule has 9 aromatic rings. The van der Waals surface area contributed by atoms with E-state index in [2.05, 4.69) is 152 Å². The summed E-state index contributed by atoms with van der Waals surface area (Å²) in [5.74, 6) is 1.71. The van der Waals surface area contributed by atoms with Crippen molar-refractivity contribution in [3.63, 3.8) is 0 Å². The van der Waals surface area contributed by atoms with Gasteiger partial charge in [0, 0.05) is 29.1 Å². The number of benzene rings is 7. The van der Waals surface area contributed by atoms with E-state index in [-0.39, 0.29) is 0 Å². The number of nitriles is 1. The van der Waals surface area contributed by atoms with Crippen molar-refractivity contribution >= 4 is 0 Å². The molecule has 7 aromatic carbocycles. The molecule has 0 amide bonds. The number of hydrogen-bond acceptors (Lipinski definition) is 5. The molecule has 1 aliphatic carbocycles. The molecule has 10 rings (SSSR count). The molecule has 1 atom stereocenters. The van der Waals surface area contributed by atoms with E-state index in [9.17, 15) is 5.26 Å². The van der Waals surface area contributed by atoms with Crippen LogP contribution in [0.1, 0.15) is 55.5 Å². The van der Waals surface area contributed by atoms with Gasteiger partial charge < -0.3 is 0 Å². The molecule has 2 aromatic heterocycles. The standard InChI is InChI=1S/C52H33N5.C6H10.C4H6.C2H6/c53-34-35-24-26-37(27-25-35)50-55-49(36-12-3-1-4-13-36)56-51(57-50)41-17-10-15-39(33-41)38-14-9-16-40(32-38)44-21-11-23-47-48(44)45-20-7-8-22-46(45)52(47,42-18-5-2-6-19-42)43-28-30-54-31-29-43;1-3-5-6-4-2;1-3-4-2;1-2/h1-33H;3-6H,1-2H3;3-4H,1-2H2;1-2H3/b;5-3-,6-4-;;. The normalized spacial score (nSPS) is 13.0. The van der Waals surface area contributed by atoms with Crippen LogP contribution in [0.5, 0.6) is 0 Å². The van der Waals surface area contributed by atoms with Crippen LogP contribution in [-0.4, -0.2) is 19.9 Å². The highest BCUT2D eigenvalue weighted by Gasteiger charge is 2.46. The highest BCUT2D eigenvalue weighted by Crippen LogP contribution is 2.58. The summed E-state index contributed by atoms with van der Waals surface area (Å²) in [5, 5.41) is 9.38. The monoisotopic (exact) mass is 893 g/mol. The molecule has 0 saturated heterocycles. The molecule has 0 saturated carbocycles. The van der Waals surface area contributed by atoms with Gasteiger partial charge in [-0.2, -0.15) is 5.26 Å². The average Bonchev–Trinajstić information content (AvgIpc) is 3.75. The average molecular weight is 894 g/mol. The van der Waals surface area contributed by atoms with Crippen molar-refractivity contribution in [2.24, 2.45) is 0 Å². The third kappa shape index (κ3) is 10.4. The van der Waals surface area contributed by atoms with Gasteiger partial charge in [-0.25, -0.2) is 15.0 Å². The summed E-state index contributed by atoms with van der Waals surface area (Å²) >= 11 is 0. The summed E-state index contributed by atoms with van der Waals surface area (Å²) in [6.45, 7) is 14.7. The lowest BCUT2D eigenvalue weighted by Gasteiger charge is -2.33. The Hall–Kier alpha value is -8.85. The lowest BCUT2D eigenvalue weighted by Crippen LogP contribution is -2.28. The van der Waals surface area contributed by atoms with Gasteiger partial charge in [-0.15, -0.1) is 0 Å². The highest BCUT2D eigenvalue weighted by atomic mass is 15.0. The fourth-order valence-corrected chi connectivity index (χ4v) is 8.62. The molecule has 1 unspecified atom stereocenters. The number of pyridine rings is 1. The van der Waals surface area contributed by atoms with Gasteiger partial charge in [-0.3, -0.25) is 4.98 Å². The SMILES string of the molecule is C/C=C\C=C/C.C=CC=C.CC.N#Cc1ccc(-c2nc(-c3ccccc3)nc(-c3cccc(-c4cccc(-c5cccc6c5-c5ccccc5C6(c5ccccc5)c5ccncc5)c4)c3)n2)cc1. The molecular weight excluding hydrogens is 839 g/mol. The molecule has 1 aliphatic rings. The number of aromatic nitrogens is 4. The number of rotatable bonds is 9. The minimum Gasteiger partial charge on any atom is -0.265 e. The third-order valence-corrected chi connectivity index (χ3v) is 11.6. The second kappa shape index (κ2) is 23.6. The molecular formula is C64H55N5. The Morgan fingerprint density at radius 2 is 0.899 bits per heavy atom. The quantitative estimate of drug-likeness (QED) is 0.135. The van der Waals surface area contributed by atoms with Crippen LogP contribution in [0.4, 0.5) is 0 Å². The van der Waals surface area contributed by atoms with Crippen molar-refractivity contribution in [3.8, 4) is 73.6 Å². The van der Waals surface area contributed by atoms with Gasteiger partial charge in [-0.1, -0.05) is 203 Å². The predicted molar refractivity (Wildman–Crippen MR) is 288 cm³/mol. The molecule has 0 radical (unpaired) electrons. The second-order valence-electron chi connectivity index (χ2n) is 15.7. The lowest BCUT2D eigenvalue weighted by atomic mass is 9.68. The first kappa shape index (κ1) is 48.1.